The van der Waals surface area contributed by atoms with Crippen LogP contribution in [0.5, 0.6) is 0 Å². The van der Waals surface area contributed by atoms with Crippen LogP contribution in [-0.4, -0.2) is 22.2 Å². The van der Waals surface area contributed by atoms with E-state index in [1.54, 1.807) is 0 Å². The molecule has 1 aliphatic rings. The van der Waals surface area contributed by atoms with Gasteiger partial charge in [-0.15, -0.1) is 0 Å². The Morgan fingerprint density at radius 3 is 2.12 bits per heavy atom. The van der Waals surface area contributed by atoms with Crippen molar-refractivity contribution in [1.82, 2.24) is 5.32 Å². The van der Waals surface area contributed by atoms with Crippen molar-refractivity contribution in [2.24, 2.45) is 5.92 Å². The minimum atomic E-state index is -0.867. The van der Waals surface area contributed by atoms with E-state index in [-0.39, 0.29) is 11.1 Å². The Labute approximate surface area is 97.9 Å². The second-order valence-electron chi connectivity index (χ2n) is 6.28. The SMILES string of the molecule is C=C(CC1CC(C)(C)NC(C)(C)C1)C(=O)O. The molecule has 0 amide bonds. The summed E-state index contributed by atoms with van der Waals surface area (Å²) in [5.41, 5.74) is 0.481. The van der Waals surface area contributed by atoms with Crippen molar-refractivity contribution in [2.45, 2.75) is 58.0 Å². The fraction of sp³-hybridized carbons (Fsp3) is 0.769. The zero-order valence-electron chi connectivity index (χ0n) is 10.8. The minimum absolute atomic E-state index is 0.0746. The van der Waals surface area contributed by atoms with Crippen LogP contribution in [0.15, 0.2) is 12.2 Å². The summed E-state index contributed by atoms with van der Waals surface area (Å²) >= 11 is 0. The lowest BCUT2D eigenvalue weighted by molar-refractivity contribution is -0.133. The maximum Gasteiger partial charge on any atom is 0.330 e. The van der Waals surface area contributed by atoms with Gasteiger partial charge in [-0.3, -0.25) is 0 Å². The van der Waals surface area contributed by atoms with Crippen molar-refractivity contribution < 1.29 is 9.90 Å². The molecule has 0 saturated carbocycles. The van der Waals surface area contributed by atoms with Gasteiger partial charge in [-0.05, 0) is 52.9 Å². The molecule has 1 heterocycles. The summed E-state index contributed by atoms with van der Waals surface area (Å²) in [5.74, 6) is -0.455. The van der Waals surface area contributed by atoms with Gasteiger partial charge < -0.3 is 10.4 Å². The van der Waals surface area contributed by atoms with E-state index in [2.05, 4.69) is 39.6 Å². The zero-order chi connectivity index (χ0) is 12.6. The van der Waals surface area contributed by atoms with Gasteiger partial charge in [0.1, 0.15) is 0 Å². The first-order valence-electron chi connectivity index (χ1n) is 5.82. The lowest BCUT2D eigenvalue weighted by Crippen LogP contribution is -2.57. The molecule has 1 saturated heterocycles. The third-order valence-corrected chi connectivity index (χ3v) is 3.11. The van der Waals surface area contributed by atoms with Crippen LogP contribution in [0.1, 0.15) is 47.0 Å². The van der Waals surface area contributed by atoms with E-state index < -0.39 is 5.97 Å². The quantitative estimate of drug-likeness (QED) is 0.726. The second-order valence-corrected chi connectivity index (χ2v) is 6.28. The van der Waals surface area contributed by atoms with Crippen molar-refractivity contribution in [1.29, 1.82) is 0 Å². The highest BCUT2D eigenvalue weighted by Crippen LogP contribution is 2.35. The highest BCUT2D eigenvalue weighted by atomic mass is 16.4. The Balaban J connectivity index is 2.68. The van der Waals surface area contributed by atoms with Crippen LogP contribution in [0.2, 0.25) is 0 Å². The first kappa shape index (κ1) is 13.2. The van der Waals surface area contributed by atoms with Gasteiger partial charge in [-0.25, -0.2) is 4.79 Å². The number of carboxylic acid groups (broad SMARTS) is 1. The fourth-order valence-corrected chi connectivity index (χ4v) is 3.11. The molecule has 0 unspecified atom stereocenters. The molecule has 0 radical (unpaired) electrons. The average Bonchev–Trinajstić information content (AvgIpc) is 1.96. The third kappa shape index (κ3) is 3.63. The van der Waals surface area contributed by atoms with Crippen molar-refractivity contribution in [3.05, 3.63) is 12.2 Å². The third-order valence-electron chi connectivity index (χ3n) is 3.11. The number of hydrogen-bond acceptors (Lipinski definition) is 2. The van der Waals surface area contributed by atoms with Crippen LogP contribution in [-0.2, 0) is 4.79 Å². The average molecular weight is 225 g/mol. The summed E-state index contributed by atoms with van der Waals surface area (Å²) in [5, 5.41) is 12.4. The molecule has 16 heavy (non-hydrogen) atoms. The molecule has 0 aliphatic carbocycles. The van der Waals surface area contributed by atoms with Crippen LogP contribution in [0.4, 0.5) is 0 Å². The van der Waals surface area contributed by atoms with E-state index in [1.165, 1.54) is 0 Å². The maximum absolute atomic E-state index is 10.8. The molecule has 1 rings (SSSR count). The second kappa shape index (κ2) is 4.21. The lowest BCUT2D eigenvalue weighted by atomic mass is 9.74. The summed E-state index contributed by atoms with van der Waals surface area (Å²) in [6.45, 7) is 12.3. The van der Waals surface area contributed by atoms with E-state index in [1.807, 2.05) is 0 Å². The number of hydrogen-bond donors (Lipinski definition) is 2. The van der Waals surface area contributed by atoms with E-state index in [0.29, 0.717) is 17.9 Å². The Bertz CT molecular complexity index is 289. The van der Waals surface area contributed by atoms with Gasteiger partial charge in [0, 0.05) is 16.7 Å². The van der Waals surface area contributed by atoms with E-state index in [0.717, 1.165) is 12.8 Å². The fourth-order valence-electron chi connectivity index (χ4n) is 3.11. The molecule has 3 nitrogen and oxygen atoms in total. The zero-order valence-corrected chi connectivity index (χ0v) is 10.8. The molecule has 0 atom stereocenters. The topological polar surface area (TPSA) is 49.3 Å². The Morgan fingerprint density at radius 2 is 1.75 bits per heavy atom. The highest BCUT2D eigenvalue weighted by Gasteiger charge is 2.37. The van der Waals surface area contributed by atoms with Crippen LogP contribution in [0.3, 0.4) is 0 Å². The lowest BCUT2D eigenvalue weighted by Gasteiger charge is -2.46. The smallest absolute Gasteiger partial charge is 0.330 e. The molecule has 0 bridgehead atoms. The molecule has 0 aromatic carbocycles. The number of rotatable bonds is 3. The molecular weight excluding hydrogens is 202 g/mol. The van der Waals surface area contributed by atoms with Gasteiger partial charge in [0.2, 0.25) is 0 Å². The highest BCUT2D eigenvalue weighted by molar-refractivity contribution is 5.85. The van der Waals surface area contributed by atoms with Gasteiger partial charge in [0.15, 0.2) is 0 Å². The summed E-state index contributed by atoms with van der Waals surface area (Å²) < 4.78 is 0. The van der Waals surface area contributed by atoms with Crippen LogP contribution < -0.4 is 5.32 Å². The predicted molar refractivity (Wildman–Crippen MR) is 65.4 cm³/mol. The molecule has 1 fully saturated rings. The number of carboxylic acids is 1. The Morgan fingerprint density at radius 1 is 1.31 bits per heavy atom. The first-order chi connectivity index (χ1) is 7.11. The molecule has 92 valence electrons. The molecular formula is C13H23NO2. The molecule has 0 aromatic rings. The van der Waals surface area contributed by atoms with Crippen LogP contribution >= 0.6 is 0 Å². The largest absolute Gasteiger partial charge is 0.478 e. The van der Waals surface area contributed by atoms with Crippen molar-refractivity contribution in [3.8, 4) is 0 Å². The van der Waals surface area contributed by atoms with E-state index in [9.17, 15) is 4.79 Å². The number of nitrogens with one attached hydrogen (secondary N) is 1. The van der Waals surface area contributed by atoms with Crippen molar-refractivity contribution >= 4 is 5.97 Å². The first-order valence-corrected chi connectivity index (χ1v) is 5.82. The summed E-state index contributed by atoms with van der Waals surface area (Å²) in [6.07, 6.45) is 2.61. The van der Waals surface area contributed by atoms with Gasteiger partial charge in [-0.2, -0.15) is 0 Å². The summed E-state index contributed by atoms with van der Waals surface area (Å²) in [6, 6.07) is 0. The Hall–Kier alpha value is -0.830. The molecule has 1 aliphatic heterocycles. The van der Waals surface area contributed by atoms with Gasteiger partial charge in [-0.1, -0.05) is 6.58 Å². The molecule has 2 N–H and O–H groups in total. The Kier molecular flexibility index (Phi) is 3.48. The van der Waals surface area contributed by atoms with Crippen molar-refractivity contribution in [3.63, 3.8) is 0 Å². The molecule has 0 aromatic heterocycles. The number of aliphatic carboxylic acids is 1. The van der Waals surface area contributed by atoms with Gasteiger partial charge in [0.25, 0.3) is 0 Å². The number of piperidine rings is 1. The van der Waals surface area contributed by atoms with Crippen molar-refractivity contribution in [2.75, 3.05) is 0 Å². The molecule has 0 spiro atoms. The molecule has 3 heteroatoms. The van der Waals surface area contributed by atoms with Gasteiger partial charge >= 0.3 is 5.97 Å². The number of carbonyl (C=O) groups is 1. The maximum atomic E-state index is 10.8. The van der Waals surface area contributed by atoms with E-state index >= 15 is 0 Å². The standard InChI is InChI=1S/C13H23NO2/c1-9(11(15)16)6-10-7-12(2,3)14-13(4,5)8-10/h10,14H,1,6-8H2,2-5H3,(H,15,16). The summed E-state index contributed by atoms with van der Waals surface area (Å²) in [7, 11) is 0. The predicted octanol–water partition coefficient (Wildman–Crippen LogP) is 2.57. The van der Waals surface area contributed by atoms with Crippen LogP contribution in [0, 0.1) is 5.92 Å². The monoisotopic (exact) mass is 225 g/mol. The minimum Gasteiger partial charge on any atom is -0.478 e. The normalized spacial score (nSPS) is 24.0. The van der Waals surface area contributed by atoms with Gasteiger partial charge in [0.05, 0.1) is 0 Å². The summed E-state index contributed by atoms with van der Waals surface area (Å²) in [4.78, 5) is 10.8. The van der Waals surface area contributed by atoms with Crippen LogP contribution in [0.25, 0.3) is 0 Å². The van der Waals surface area contributed by atoms with E-state index in [4.69, 9.17) is 5.11 Å².